The first-order valence-corrected chi connectivity index (χ1v) is 8.95. The van der Waals surface area contributed by atoms with Crippen LogP contribution >= 0.6 is 11.3 Å². The Morgan fingerprint density at radius 2 is 1.74 bits per heavy atom. The maximum Gasteiger partial charge on any atom is 0.180 e. The maximum absolute atomic E-state index is 6.05. The van der Waals surface area contributed by atoms with Crippen molar-refractivity contribution in [3.05, 3.63) is 28.6 Å². The zero-order valence-corrected chi connectivity index (χ0v) is 16.1. The molecule has 2 N–H and O–H groups in total. The highest BCUT2D eigenvalue weighted by molar-refractivity contribution is 7.13. The van der Waals surface area contributed by atoms with Crippen molar-refractivity contribution in [2.75, 3.05) is 12.3 Å². The number of anilines is 1. The molecule has 1 aromatic carbocycles. The third kappa shape index (κ3) is 3.86. The van der Waals surface area contributed by atoms with Gasteiger partial charge in [-0.1, -0.05) is 47.6 Å². The van der Waals surface area contributed by atoms with Gasteiger partial charge in [-0.3, -0.25) is 0 Å². The molecule has 0 atom stereocenters. The van der Waals surface area contributed by atoms with Crippen LogP contribution in [0.1, 0.15) is 59.6 Å². The van der Waals surface area contributed by atoms with E-state index in [-0.39, 0.29) is 10.8 Å². The molecule has 23 heavy (non-hydrogen) atoms. The number of rotatable bonds is 3. The summed E-state index contributed by atoms with van der Waals surface area (Å²) in [6.45, 7) is 16.0. The summed E-state index contributed by atoms with van der Waals surface area (Å²) >= 11 is 1.46. The molecule has 0 aliphatic carbocycles. The van der Waals surface area contributed by atoms with E-state index in [0.29, 0.717) is 11.7 Å². The first-order chi connectivity index (χ1) is 10.5. The minimum atomic E-state index is -0.0118. The van der Waals surface area contributed by atoms with Gasteiger partial charge in [0.25, 0.3) is 0 Å². The molecule has 2 rings (SSSR count). The fraction of sp³-hybridized carbons (Fsp3) is 0.526. The minimum Gasteiger partial charge on any atom is -0.493 e. The first kappa shape index (κ1) is 17.8. The van der Waals surface area contributed by atoms with Gasteiger partial charge < -0.3 is 10.5 Å². The number of ether oxygens (including phenoxy) is 1. The molecule has 0 bridgehead atoms. The first-order valence-electron chi connectivity index (χ1n) is 8.07. The summed E-state index contributed by atoms with van der Waals surface area (Å²) < 4.78 is 6.05. The highest BCUT2D eigenvalue weighted by atomic mass is 32.1. The highest BCUT2D eigenvalue weighted by Crippen LogP contribution is 2.43. The Morgan fingerprint density at radius 3 is 2.17 bits per heavy atom. The highest BCUT2D eigenvalue weighted by Gasteiger charge is 2.27. The number of hydrogen-bond acceptors (Lipinski definition) is 4. The minimum absolute atomic E-state index is 0.0118. The van der Waals surface area contributed by atoms with Gasteiger partial charge in [0.15, 0.2) is 5.13 Å². The van der Waals surface area contributed by atoms with Crippen LogP contribution in [0.3, 0.4) is 0 Å². The topological polar surface area (TPSA) is 48.1 Å². The average Bonchev–Trinajstić information content (AvgIpc) is 2.83. The summed E-state index contributed by atoms with van der Waals surface area (Å²) in [4.78, 5) is 4.49. The smallest absolute Gasteiger partial charge is 0.180 e. The normalized spacial score (nSPS) is 12.5. The van der Waals surface area contributed by atoms with E-state index in [9.17, 15) is 0 Å². The van der Waals surface area contributed by atoms with Crippen molar-refractivity contribution < 1.29 is 4.74 Å². The van der Waals surface area contributed by atoms with Crippen molar-refractivity contribution in [2.45, 2.75) is 59.3 Å². The van der Waals surface area contributed by atoms with Crippen LogP contribution in [0.5, 0.6) is 5.75 Å². The van der Waals surface area contributed by atoms with Crippen LogP contribution < -0.4 is 10.5 Å². The van der Waals surface area contributed by atoms with Gasteiger partial charge in [-0.25, -0.2) is 4.98 Å². The number of benzene rings is 1. The quantitative estimate of drug-likeness (QED) is 0.820. The molecule has 0 unspecified atom stereocenters. The number of hydrogen-bond donors (Lipinski definition) is 1. The van der Waals surface area contributed by atoms with Crippen molar-refractivity contribution in [1.29, 1.82) is 0 Å². The number of nitrogen functional groups attached to an aromatic ring is 1. The van der Waals surface area contributed by atoms with Crippen LogP contribution in [0.25, 0.3) is 11.3 Å². The summed E-state index contributed by atoms with van der Waals surface area (Å²) in [6.07, 6.45) is 0. The van der Waals surface area contributed by atoms with Gasteiger partial charge in [-0.15, -0.1) is 11.3 Å². The number of thiazole rings is 1. The van der Waals surface area contributed by atoms with Gasteiger partial charge >= 0.3 is 0 Å². The van der Waals surface area contributed by atoms with Gasteiger partial charge in [0.1, 0.15) is 5.75 Å². The van der Waals surface area contributed by atoms with Crippen LogP contribution in [0.2, 0.25) is 0 Å². The monoisotopic (exact) mass is 332 g/mol. The summed E-state index contributed by atoms with van der Waals surface area (Å²) in [6, 6.07) is 4.49. The lowest BCUT2D eigenvalue weighted by molar-refractivity contribution is 0.330. The predicted molar refractivity (Wildman–Crippen MR) is 101 cm³/mol. The zero-order valence-electron chi connectivity index (χ0n) is 15.3. The van der Waals surface area contributed by atoms with E-state index in [1.165, 1.54) is 22.5 Å². The summed E-state index contributed by atoms with van der Waals surface area (Å²) in [5.74, 6) is 0.929. The second kappa shape index (κ2) is 6.16. The third-order valence-electron chi connectivity index (χ3n) is 3.85. The lowest BCUT2D eigenvalue weighted by Gasteiger charge is -2.29. The summed E-state index contributed by atoms with van der Waals surface area (Å²) in [7, 11) is 0. The average molecular weight is 333 g/mol. The molecule has 0 spiro atoms. The van der Waals surface area contributed by atoms with Crippen LogP contribution in [-0.2, 0) is 10.8 Å². The molecular weight excluding hydrogens is 304 g/mol. The summed E-state index contributed by atoms with van der Waals surface area (Å²) in [5.41, 5.74) is 10.3. The molecule has 3 nitrogen and oxygen atoms in total. The fourth-order valence-corrected chi connectivity index (χ4v) is 3.08. The molecule has 0 aliphatic rings. The van der Waals surface area contributed by atoms with E-state index in [0.717, 1.165) is 17.0 Å². The van der Waals surface area contributed by atoms with E-state index in [4.69, 9.17) is 10.5 Å². The zero-order chi connectivity index (χ0) is 17.4. The number of nitrogens with two attached hydrogens (primary N) is 1. The predicted octanol–water partition coefficient (Wildman–Crippen LogP) is 5.39. The van der Waals surface area contributed by atoms with Crippen LogP contribution in [0.4, 0.5) is 5.13 Å². The Kier molecular flexibility index (Phi) is 4.76. The number of nitrogens with zero attached hydrogens (tertiary/aromatic N) is 1. The largest absolute Gasteiger partial charge is 0.493 e. The second-order valence-electron chi connectivity index (χ2n) is 7.90. The van der Waals surface area contributed by atoms with E-state index in [2.05, 4.69) is 58.7 Å². The van der Waals surface area contributed by atoms with Crippen molar-refractivity contribution in [3.63, 3.8) is 0 Å². The Bertz CT molecular complexity index is 690. The van der Waals surface area contributed by atoms with Gasteiger partial charge in [0, 0.05) is 16.5 Å². The van der Waals surface area contributed by atoms with Gasteiger partial charge in [0.05, 0.1) is 12.3 Å². The van der Waals surface area contributed by atoms with Crippen molar-refractivity contribution in [1.82, 2.24) is 4.98 Å². The molecule has 1 aromatic heterocycles. The van der Waals surface area contributed by atoms with E-state index < -0.39 is 0 Å². The van der Waals surface area contributed by atoms with Crippen molar-refractivity contribution >= 4 is 16.5 Å². The maximum atomic E-state index is 6.05. The molecule has 126 valence electrons. The molecule has 0 saturated carbocycles. The molecule has 4 heteroatoms. The molecular formula is C19H28N2OS. The van der Waals surface area contributed by atoms with Crippen LogP contribution in [-0.4, -0.2) is 11.6 Å². The Balaban J connectivity index is 2.80. The van der Waals surface area contributed by atoms with E-state index in [1.807, 2.05) is 12.3 Å². The second-order valence-corrected chi connectivity index (χ2v) is 8.79. The fourth-order valence-electron chi connectivity index (χ4n) is 2.52. The van der Waals surface area contributed by atoms with Gasteiger partial charge in [0.2, 0.25) is 0 Å². The van der Waals surface area contributed by atoms with Crippen LogP contribution in [0.15, 0.2) is 17.5 Å². The lowest BCUT2D eigenvalue weighted by Crippen LogP contribution is -2.18. The molecule has 1 heterocycles. The van der Waals surface area contributed by atoms with Crippen molar-refractivity contribution in [3.8, 4) is 17.0 Å². The standard InChI is InChI=1S/C19H28N2OS/c1-8-22-16-13(15-11-23-17(20)21-15)9-12(18(2,3)4)10-14(16)19(5,6)7/h9-11H,8H2,1-7H3,(H2,20,21). The molecule has 0 amide bonds. The van der Waals surface area contributed by atoms with Gasteiger partial charge in [-0.2, -0.15) is 0 Å². The third-order valence-corrected chi connectivity index (χ3v) is 4.52. The van der Waals surface area contributed by atoms with E-state index >= 15 is 0 Å². The SMILES string of the molecule is CCOc1c(-c2csc(N)n2)cc(C(C)(C)C)cc1C(C)(C)C. The van der Waals surface area contributed by atoms with E-state index in [1.54, 1.807) is 0 Å². The Morgan fingerprint density at radius 1 is 1.09 bits per heavy atom. The Labute approximate surface area is 143 Å². The Hall–Kier alpha value is -1.55. The van der Waals surface area contributed by atoms with Crippen molar-refractivity contribution in [2.24, 2.45) is 0 Å². The summed E-state index contributed by atoms with van der Waals surface area (Å²) in [5, 5.41) is 2.59. The lowest BCUT2D eigenvalue weighted by atomic mass is 9.78. The molecule has 2 aromatic rings. The van der Waals surface area contributed by atoms with Crippen LogP contribution in [0, 0.1) is 0 Å². The molecule has 0 saturated heterocycles. The molecule has 0 fully saturated rings. The number of aromatic nitrogens is 1. The molecule has 0 aliphatic heterocycles. The van der Waals surface area contributed by atoms with Gasteiger partial charge in [-0.05, 0) is 29.4 Å². The molecule has 0 radical (unpaired) electrons.